The predicted octanol–water partition coefficient (Wildman–Crippen LogP) is 3.33. The van der Waals surface area contributed by atoms with Crippen molar-refractivity contribution in [1.29, 1.82) is 0 Å². The average Bonchev–Trinajstić information content (AvgIpc) is 2.90. The van der Waals surface area contributed by atoms with Crippen molar-refractivity contribution in [1.82, 2.24) is 4.90 Å². The summed E-state index contributed by atoms with van der Waals surface area (Å²) < 4.78 is 10.7. The van der Waals surface area contributed by atoms with E-state index in [1.807, 2.05) is 30.3 Å². The Morgan fingerprint density at radius 3 is 2.65 bits per heavy atom. The van der Waals surface area contributed by atoms with Gasteiger partial charge in [-0.2, -0.15) is 0 Å². The van der Waals surface area contributed by atoms with E-state index in [0.29, 0.717) is 29.9 Å². The minimum Gasteiger partial charge on any atom is -0.457 e. The number of furan rings is 1. The number of hydrogen-bond acceptors (Lipinski definition) is 3. The maximum atomic E-state index is 12.5. The topological polar surface area (TPSA) is 42.7 Å². The summed E-state index contributed by atoms with van der Waals surface area (Å²) in [7, 11) is 1.62. The Kier molecular flexibility index (Phi) is 5.38. The number of nitrogens with zero attached hydrogens (tertiary/aromatic N) is 1. The van der Waals surface area contributed by atoms with Crippen LogP contribution in [0, 0.1) is 0 Å². The van der Waals surface area contributed by atoms with E-state index in [1.54, 1.807) is 18.1 Å². The SMILES string of the molecule is COCCN(Cc1ccccc1)C(=O)c1ccoc1Br. The van der Waals surface area contributed by atoms with Crippen molar-refractivity contribution in [2.24, 2.45) is 0 Å². The number of methoxy groups -OCH3 is 1. The largest absolute Gasteiger partial charge is 0.457 e. The van der Waals surface area contributed by atoms with Crippen LogP contribution in [-0.2, 0) is 11.3 Å². The Morgan fingerprint density at radius 1 is 1.30 bits per heavy atom. The van der Waals surface area contributed by atoms with Gasteiger partial charge in [-0.3, -0.25) is 4.79 Å². The van der Waals surface area contributed by atoms with Gasteiger partial charge in [-0.05, 0) is 27.6 Å². The maximum Gasteiger partial charge on any atom is 0.258 e. The van der Waals surface area contributed by atoms with Gasteiger partial charge in [0.15, 0.2) is 4.67 Å². The highest BCUT2D eigenvalue weighted by Crippen LogP contribution is 2.20. The molecule has 0 saturated heterocycles. The molecule has 2 aromatic rings. The fourth-order valence-corrected chi connectivity index (χ4v) is 2.28. The van der Waals surface area contributed by atoms with Crippen molar-refractivity contribution in [3.63, 3.8) is 0 Å². The molecule has 0 unspecified atom stereocenters. The summed E-state index contributed by atoms with van der Waals surface area (Å²) in [6, 6.07) is 11.5. The van der Waals surface area contributed by atoms with Crippen LogP contribution in [0.1, 0.15) is 15.9 Å². The smallest absolute Gasteiger partial charge is 0.258 e. The number of ether oxygens (including phenoxy) is 1. The molecule has 1 aromatic carbocycles. The third-order valence-electron chi connectivity index (χ3n) is 2.92. The first-order valence-corrected chi connectivity index (χ1v) is 7.07. The first-order valence-electron chi connectivity index (χ1n) is 6.27. The van der Waals surface area contributed by atoms with Crippen molar-refractivity contribution in [2.75, 3.05) is 20.3 Å². The monoisotopic (exact) mass is 337 g/mol. The van der Waals surface area contributed by atoms with Crippen molar-refractivity contribution in [3.05, 3.63) is 58.5 Å². The van der Waals surface area contributed by atoms with Crippen LogP contribution in [0.25, 0.3) is 0 Å². The van der Waals surface area contributed by atoms with Crippen LogP contribution < -0.4 is 0 Å². The van der Waals surface area contributed by atoms with Gasteiger partial charge in [0.2, 0.25) is 0 Å². The lowest BCUT2D eigenvalue weighted by Gasteiger charge is -2.22. The second kappa shape index (κ2) is 7.26. The molecular formula is C15H16BrNO3. The quantitative estimate of drug-likeness (QED) is 0.811. The first-order chi connectivity index (χ1) is 9.72. The Balaban J connectivity index is 2.15. The molecule has 4 nitrogen and oxygen atoms in total. The highest BCUT2D eigenvalue weighted by molar-refractivity contribution is 9.10. The fraction of sp³-hybridized carbons (Fsp3) is 0.267. The van der Waals surface area contributed by atoms with E-state index < -0.39 is 0 Å². The summed E-state index contributed by atoms with van der Waals surface area (Å²) in [6.45, 7) is 1.57. The summed E-state index contributed by atoms with van der Waals surface area (Å²) >= 11 is 3.24. The van der Waals surface area contributed by atoms with Gasteiger partial charge in [0.1, 0.15) is 0 Å². The van der Waals surface area contributed by atoms with E-state index in [4.69, 9.17) is 9.15 Å². The van der Waals surface area contributed by atoms with E-state index in [9.17, 15) is 4.79 Å². The molecule has 0 aliphatic heterocycles. The third-order valence-corrected chi connectivity index (χ3v) is 3.53. The molecule has 1 heterocycles. The Morgan fingerprint density at radius 2 is 2.05 bits per heavy atom. The molecule has 0 radical (unpaired) electrons. The molecular weight excluding hydrogens is 322 g/mol. The Hall–Kier alpha value is -1.59. The van der Waals surface area contributed by atoms with Gasteiger partial charge >= 0.3 is 0 Å². The first kappa shape index (κ1) is 14.8. The summed E-state index contributed by atoms with van der Waals surface area (Å²) in [5.74, 6) is -0.0773. The fourth-order valence-electron chi connectivity index (χ4n) is 1.87. The molecule has 0 bridgehead atoms. The van der Waals surface area contributed by atoms with Gasteiger partial charge in [0, 0.05) is 20.2 Å². The van der Waals surface area contributed by atoms with Gasteiger partial charge in [-0.1, -0.05) is 30.3 Å². The molecule has 0 fully saturated rings. The second-order valence-electron chi connectivity index (χ2n) is 4.31. The number of hydrogen-bond donors (Lipinski definition) is 0. The lowest BCUT2D eigenvalue weighted by molar-refractivity contribution is 0.0678. The average molecular weight is 338 g/mol. The highest BCUT2D eigenvalue weighted by atomic mass is 79.9. The van der Waals surface area contributed by atoms with Crippen LogP contribution in [0.3, 0.4) is 0 Å². The number of rotatable bonds is 6. The van der Waals surface area contributed by atoms with E-state index in [1.165, 1.54) is 6.26 Å². The van der Waals surface area contributed by atoms with E-state index in [-0.39, 0.29) is 5.91 Å². The molecule has 0 spiro atoms. The number of amides is 1. The van der Waals surface area contributed by atoms with E-state index in [0.717, 1.165) is 5.56 Å². The Bertz CT molecular complexity index is 553. The van der Waals surface area contributed by atoms with Gasteiger partial charge in [0.25, 0.3) is 5.91 Å². The number of halogens is 1. The van der Waals surface area contributed by atoms with Crippen LogP contribution >= 0.6 is 15.9 Å². The molecule has 5 heteroatoms. The lowest BCUT2D eigenvalue weighted by atomic mass is 10.2. The highest BCUT2D eigenvalue weighted by Gasteiger charge is 2.20. The Labute approximate surface area is 126 Å². The standard InChI is InChI=1S/C15H16BrNO3/c1-19-10-8-17(11-12-5-3-2-4-6-12)15(18)13-7-9-20-14(13)16/h2-7,9H,8,10-11H2,1H3. The van der Waals surface area contributed by atoms with Gasteiger partial charge < -0.3 is 14.1 Å². The summed E-state index contributed by atoms with van der Waals surface area (Å²) in [6.07, 6.45) is 1.49. The zero-order chi connectivity index (χ0) is 14.4. The minimum absolute atomic E-state index is 0.0773. The number of carbonyl (C=O) groups excluding carboxylic acids is 1. The van der Waals surface area contributed by atoms with Crippen LogP contribution in [0.4, 0.5) is 0 Å². The van der Waals surface area contributed by atoms with Crippen molar-refractivity contribution < 1.29 is 13.9 Å². The van der Waals surface area contributed by atoms with Crippen LogP contribution in [0.15, 0.2) is 51.7 Å². The molecule has 0 N–H and O–H groups in total. The van der Waals surface area contributed by atoms with Crippen molar-refractivity contribution in [3.8, 4) is 0 Å². The molecule has 106 valence electrons. The summed E-state index contributed by atoms with van der Waals surface area (Å²) in [5.41, 5.74) is 1.61. The molecule has 1 aromatic heterocycles. The minimum atomic E-state index is -0.0773. The van der Waals surface area contributed by atoms with Crippen LogP contribution in [0.2, 0.25) is 0 Å². The molecule has 0 aliphatic rings. The molecule has 0 atom stereocenters. The van der Waals surface area contributed by atoms with Gasteiger partial charge in [0.05, 0.1) is 18.4 Å². The van der Waals surface area contributed by atoms with Gasteiger partial charge in [-0.25, -0.2) is 0 Å². The lowest BCUT2D eigenvalue weighted by Crippen LogP contribution is -2.33. The van der Waals surface area contributed by atoms with Crippen molar-refractivity contribution in [2.45, 2.75) is 6.54 Å². The zero-order valence-corrected chi connectivity index (χ0v) is 12.8. The summed E-state index contributed by atoms with van der Waals surface area (Å²) in [5, 5.41) is 0. The number of carbonyl (C=O) groups is 1. The van der Waals surface area contributed by atoms with Crippen LogP contribution in [-0.4, -0.2) is 31.1 Å². The normalized spacial score (nSPS) is 10.5. The molecule has 20 heavy (non-hydrogen) atoms. The van der Waals surface area contributed by atoms with E-state index in [2.05, 4.69) is 15.9 Å². The third kappa shape index (κ3) is 3.71. The van der Waals surface area contributed by atoms with E-state index >= 15 is 0 Å². The molecule has 1 amide bonds. The zero-order valence-electron chi connectivity index (χ0n) is 11.2. The number of benzene rings is 1. The predicted molar refractivity (Wildman–Crippen MR) is 79.5 cm³/mol. The maximum absolute atomic E-state index is 12.5. The molecule has 0 aliphatic carbocycles. The summed E-state index contributed by atoms with van der Waals surface area (Å²) in [4.78, 5) is 14.3. The second-order valence-corrected chi connectivity index (χ2v) is 5.03. The van der Waals surface area contributed by atoms with Crippen molar-refractivity contribution >= 4 is 21.8 Å². The molecule has 0 saturated carbocycles. The van der Waals surface area contributed by atoms with Gasteiger partial charge in [-0.15, -0.1) is 0 Å². The molecule has 2 rings (SSSR count). The van der Waals surface area contributed by atoms with Crippen LogP contribution in [0.5, 0.6) is 0 Å².